The summed E-state index contributed by atoms with van der Waals surface area (Å²) in [7, 11) is 1.51. The zero-order chi connectivity index (χ0) is 21.3. The maximum Gasteiger partial charge on any atom is 0.263 e. The Morgan fingerprint density at radius 3 is 2.73 bits per heavy atom. The molecule has 0 spiro atoms. The minimum atomic E-state index is -0.956. The number of fused-ring (bicyclic) bond motifs is 1. The van der Waals surface area contributed by atoms with Crippen LogP contribution in [0.15, 0.2) is 54.7 Å². The molecule has 30 heavy (non-hydrogen) atoms. The highest BCUT2D eigenvalue weighted by Crippen LogP contribution is 2.39. The Morgan fingerprint density at radius 2 is 2.03 bits per heavy atom. The van der Waals surface area contributed by atoms with Gasteiger partial charge in [0.1, 0.15) is 22.9 Å². The Balaban J connectivity index is 1.84. The number of pyridine rings is 1. The number of carbonyl (C=O) groups excluding carboxylic acids is 1. The number of anilines is 1. The smallest absolute Gasteiger partial charge is 0.263 e. The van der Waals surface area contributed by atoms with Crippen molar-refractivity contribution in [3.05, 3.63) is 82.6 Å². The predicted molar refractivity (Wildman–Crippen MR) is 112 cm³/mol. The highest BCUT2D eigenvalue weighted by Gasteiger charge is 2.26. The molecule has 0 saturated carbocycles. The monoisotopic (exact) mass is 445 g/mol. The van der Waals surface area contributed by atoms with Crippen molar-refractivity contribution in [3.63, 3.8) is 0 Å². The van der Waals surface area contributed by atoms with Gasteiger partial charge in [0, 0.05) is 12.3 Å². The molecule has 2 aromatic carbocycles. The molecule has 0 radical (unpaired) electrons. The summed E-state index contributed by atoms with van der Waals surface area (Å²) in [4.78, 5) is 23.3. The number of nitrogens with zero attached hydrogens (tertiary/aromatic N) is 3. The molecule has 0 fully saturated rings. The van der Waals surface area contributed by atoms with E-state index in [4.69, 9.17) is 16.3 Å². The Kier molecular flexibility index (Phi) is 5.61. The van der Waals surface area contributed by atoms with Crippen molar-refractivity contribution in [1.29, 1.82) is 0 Å². The molecular weight excluding hydrogens is 432 g/mol. The van der Waals surface area contributed by atoms with E-state index in [-0.39, 0.29) is 17.2 Å². The third-order valence-corrected chi connectivity index (χ3v) is 5.89. The van der Waals surface area contributed by atoms with Crippen LogP contribution in [0.2, 0.25) is 5.02 Å². The Morgan fingerprint density at radius 1 is 1.20 bits per heavy atom. The standard InChI is InChI=1S/C21H14ClF2N3O2S/c1-29-17-8-7-15(22)19-18(17)26-21(30-19)27(11-13-4-2-3-9-25-13)20(28)14-6-5-12(23)10-16(14)24/h2-10H,11H2,1H3. The van der Waals surface area contributed by atoms with Gasteiger partial charge in [0.15, 0.2) is 5.13 Å². The summed E-state index contributed by atoms with van der Waals surface area (Å²) in [6.45, 7) is 0.0379. The lowest BCUT2D eigenvalue weighted by Gasteiger charge is -2.20. The van der Waals surface area contributed by atoms with Gasteiger partial charge in [0.05, 0.1) is 34.6 Å². The van der Waals surface area contributed by atoms with Crippen LogP contribution in [0.3, 0.4) is 0 Å². The van der Waals surface area contributed by atoms with Crippen molar-refractivity contribution in [2.45, 2.75) is 6.54 Å². The van der Waals surface area contributed by atoms with Gasteiger partial charge in [0.25, 0.3) is 5.91 Å². The fourth-order valence-electron chi connectivity index (χ4n) is 2.91. The van der Waals surface area contributed by atoms with E-state index in [1.54, 1.807) is 36.5 Å². The van der Waals surface area contributed by atoms with E-state index >= 15 is 0 Å². The largest absolute Gasteiger partial charge is 0.494 e. The number of methoxy groups -OCH3 is 1. The number of amides is 1. The number of benzene rings is 2. The molecule has 152 valence electrons. The summed E-state index contributed by atoms with van der Waals surface area (Å²) in [5.41, 5.74) is 0.790. The molecule has 2 aromatic heterocycles. The molecule has 0 bridgehead atoms. The second-order valence-corrected chi connectivity index (χ2v) is 7.65. The molecule has 0 aliphatic rings. The molecule has 9 heteroatoms. The lowest BCUT2D eigenvalue weighted by atomic mass is 10.1. The van der Waals surface area contributed by atoms with E-state index < -0.39 is 17.5 Å². The summed E-state index contributed by atoms with van der Waals surface area (Å²) >= 11 is 7.47. The highest BCUT2D eigenvalue weighted by molar-refractivity contribution is 7.23. The van der Waals surface area contributed by atoms with E-state index in [0.29, 0.717) is 32.7 Å². The van der Waals surface area contributed by atoms with Crippen LogP contribution < -0.4 is 9.64 Å². The van der Waals surface area contributed by atoms with Gasteiger partial charge in [0.2, 0.25) is 0 Å². The SMILES string of the molecule is COc1ccc(Cl)c2sc(N(Cc3ccccn3)C(=O)c3ccc(F)cc3F)nc12. The van der Waals surface area contributed by atoms with Crippen LogP contribution in [0.25, 0.3) is 10.2 Å². The van der Waals surface area contributed by atoms with Crippen LogP contribution in [0.1, 0.15) is 16.1 Å². The molecule has 5 nitrogen and oxygen atoms in total. The number of ether oxygens (including phenoxy) is 1. The van der Waals surface area contributed by atoms with Crippen LogP contribution in [0.4, 0.5) is 13.9 Å². The minimum absolute atomic E-state index is 0.0379. The molecule has 0 aliphatic heterocycles. The van der Waals surface area contributed by atoms with Gasteiger partial charge in [-0.3, -0.25) is 14.7 Å². The fourth-order valence-corrected chi connectivity index (χ4v) is 4.16. The van der Waals surface area contributed by atoms with Gasteiger partial charge in [-0.15, -0.1) is 0 Å². The molecule has 0 N–H and O–H groups in total. The van der Waals surface area contributed by atoms with Crippen LogP contribution in [-0.4, -0.2) is 23.0 Å². The Labute approximate surface area is 179 Å². The normalized spacial score (nSPS) is 10.9. The first-order chi connectivity index (χ1) is 14.5. The van der Waals surface area contributed by atoms with Gasteiger partial charge < -0.3 is 4.74 Å². The van der Waals surface area contributed by atoms with Crippen molar-refractivity contribution in [2.75, 3.05) is 12.0 Å². The zero-order valence-corrected chi connectivity index (χ0v) is 17.2. The number of hydrogen-bond acceptors (Lipinski definition) is 5. The van der Waals surface area contributed by atoms with Crippen molar-refractivity contribution >= 4 is 44.2 Å². The number of carbonyl (C=O) groups is 1. The highest BCUT2D eigenvalue weighted by atomic mass is 35.5. The van der Waals surface area contributed by atoms with Gasteiger partial charge >= 0.3 is 0 Å². The quantitative estimate of drug-likeness (QED) is 0.408. The maximum atomic E-state index is 14.3. The Bertz CT molecular complexity index is 1230. The van der Waals surface area contributed by atoms with Gasteiger partial charge in [-0.2, -0.15) is 0 Å². The third kappa shape index (κ3) is 3.83. The lowest BCUT2D eigenvalue weighted by Crippen LogP contribution is -2.31. The average molecular weight is 446 g/mol. The van der Waals surface area contributed by atoms with E-state index in [1.165, 1.54) is 23.3 Å². The number of hydrogen-bond donors (Lipinski definition) is 0. The second-order valence-electron chi connectivity index (χ2n) is 6.26. The predicted octanol–water partition coefficient (Wildman–Crippen LogP) is 5.48. The molecule has 1 amide bonds. The first-order valence-corrected chi connectivity index (χ1v) is 9.97. The Hall–Kier alpha value is -3.10. The number of aromatic nitrogens is 2. The number of rotatable bonds is 5. The molecule has 0 saturated heterocycles. The molecule has 4 rings (SSSR count). The molecule has 0 unspecified atom stereocenters. The molecular formula is C21H14ClF2N3O2S. The summed E-state index contributed by atoms with van der Waals surface area (Å²) < 4.78 is 33.6. The van der Waals surface area contributed by atoms with E-state index in [0.717, 1.165) is 12.1 Å². The minimum Gasteiger partial charge on any atom is -0.494 e. The topological polar surface area (TPSA) is 55.3 Å². The lowest BCUT2D eigenvalue weighted by molar-refractivity contribution is 0.0981. The van der Waals surface area contributed by atoms with Crippen LogP contribution >= 0.6 is 22.9 Å². The zero-order valence-electron chi connectivity index (χ0n) is 15.6. The number of thiazole rings is 1. The molecule has 4 aromatic rings. The fraction of sp³-hybridized carbons (Fsp3) is 0.0952. The van der Waals surface area contributed by atoms with Crippen molar-refractivity contribution < 1.29 is 18.3 Å². The summed E-state index contributed by atoms with van der Waals surface area (Å²) in [5.74, 6) is -1.90. The summed E-state index contributed by atoms with van der Waals surface area (Å²) in [6.07, 6.45) is 1.59. The first kappa shape index (κ1) is 20.2. The molecule has 0 aliphatic carbocycles. The second kappa shape index (κ2) is 8.33. The van der Waals surface area contributed by atoms with Crippen LogP contribution in [0.5, 0.6) is 5.75 Å². The number of halogens is 3. The van der Waals surface area contributed by atoms with Crippen LogP contribution in [0, 0.1) is 11.6 Å². The van der Waals surface area contributed by atoms with E-state index in [9.17, 15) is 13.6 Å². The van der Waals surface area contributed by atoms with Gasteiger partial charge in [-0.25, -0.2) is 13.8 Å². The van der Waals surface area contributed by atoms with Crippen molar-refractivity contribution in [2.24, 2.45) is 0 Å². The first-order valence-electron chi connectivity index (χ1n) is 8.78. The molecule has 0 atom stereocenters. The third-order valence-electron chi connectivity index (χ3n) is 4.35. The van der Waals surface area contributed by atoms with Crippen LogP contribution in [-0.2, 0) is 6.54 Å². The van der Waals surface area contributed by atoms with E-state index in [1.807, 2.05) is 0 Å². The van der Waals surface area contributed by atoms with Gasteiger partial charge in [-0.1, -0.05) is 29.0 Å². The van der Waals surface area contributed by atoms with Gasteiger partial charge in [-0.05, 0) is 36.4 Å². The average Bonchev–Trinajstić information content (AvgIpc) is 3.19. The summed E-state index contributed by atoms with van der Waals surface area (Å²) in [5, 5.41) is 0.739. The molecule has 2 heterocycles. The van der Waals surface area contributed by atoms with Crippen molar-refractivity contribution in [1.82, 2.24) is 9.97 Å². The summed E-state index contributed by atoms with van der Waals surface area (Å²) in [6, 6.07) is 11.4. The van der Waals surface area contributed by atoms with E-state index in [2.05, 4.69) is 9.97 Å². The maximum absolute atomic E-state index is 14.3. The van der Waals surface area contributed by atoms with Crippen molar-refractivity contribution in [3.8, 4) is 5.75 Å².